The largest absolute Gasteiger partial charge is 0.381 e. The fraction of sp³-hybridized carbons (Fsp3) is 0.643. The zero-order valence-electron chi connectivity index (χ0n) is 10.8. The molecule has 2 atom stereocenters. The summed E-state index contributed by atoms with van der Waals surface area (Å²) in [5.74, 6) is 0.554. The Morgan fingerprint density at radius 1 is 1.59 bits per heavy atom. The lowest BCUT2D eigenvalue weighted by Gasteiger charge is -2.30. The van der Waals surface area contributed by atoms with Crippen LogP contribution in [-0.4, -0.2) is 24.7 Å². The van der Waals surface area contributed by atoms with Crippen molar-refractivity contribution in [2.75, 3.05) is 19.8 Å². The van der Waals surface area contributed by atoms with Crippen LogP contribution in [0.4, 0.5) is 0 Å². The van der Waals surface area contributed by atoms with Crippen LogP contribution in [0.15, 0.2) is 18.3 Å². The molecule has 0 aromatic carbocycles. The molecule has 1 N–H and O–H groups in total. The van der Waals surface area contributed by atoms with Crippen molar-refractivity contribution in [1.29, 1.82) is 0 Å². The number of rotatable bonds is 4. The van der Waals surface area contributed by atoms with Gasteiger partial charge in [-0.05, 0) is 44.0 Å². The van der Waals surface area contributed by atoms with Crippen molar-refractivity contribution >= 4 is 0 Å². The molecule has 1 aliphatic rings. The Morgan fingerprint density at radius 3 is 3.12 bits per heavy atom. The normalized spacial score (nSPS) is 22.4. The SMILES string of the molecule is CCNC(c1cc(C)ccn1)C1CCCOC1. The van der Waals surface area contributed by atoms with Crippen LogP contribution in [0.25, 0.3) is 0 Å². The Bertz CT molecular complexity index is 348. The highest BCUT2D eigenvalue weighted by atomic mass is 16.5. The maximum atomic E-state index is 5.59. The number of aryl methyl sites for hydroxylation is 1. The van der Waals surface area contributed by atoms with E-state index in [2.05, 4.69) is 30.2 Å². The molecular weight excluding hydrogens is 212 g/mol. The van der Waals surface area contributed by atoms with Gasteiger partial charge in [0.25, 0.3) is 0 Å². The van der Waals surface area contributed by atoms with Gasteiger partial charge in [-0.2, -0.15) is 0 Å². The van der Waals surface area contributed by atoms with Crippen molar-refractivity contribution in [3.8, 4) is 0 Å². The summed E-state index contributed by atoms with van der Waals surface area (Å²) in [6, 6.07) is 4.56. The molecule has 1 fully saturated rings. The molecule has 0 radical (unpaired) electrons. The van der Waals surface area contributed by atoms with E-state index >= 15 is 0 Å². The fourth-order valence-electron chi connectivity index (χ4n) is 2.49. The summed E-state index contributed by atoms with van der Waals surface area (Å²) < 4.78 is 5.59. The van der Waals surface area contributed by atoms with Crippen molar-refractivity contribution in [3.63, 3.8) is 0 Å². The number of ether oxygens (including phenoxy) is 1. The molecule has 0 amide bonds. The molecule has 1 aromatic rings. The number of hydrogen-bond donors (Lipinski definition) is 1. The molecule has 2 unspecified atom stereocenters. The molecule has 17 heavy (non-hydrogen) atoms. The van der Waals surface area contributed by atoms with Gasteiger partial charge in [-0.25, -0.2) is 0 Å². The van der Waals surface area contributed by atoms with Crippen LogP contribution in [0, 0.1) is 12.8 Å². The van der Waals surface area contributed by atoms with E-state index in [4.69, 9.17) is 4.74 Å². The summed E-state index contributed by atoms with van der Waals surface area (Å²) >= 11 is 0. The van der Waals surface area contributed by atoms with Gasteiger partial charge < -0.3 is 10.1 Å². The van der Waals surface area contributed by atoms with Crippen LogP contribution < -0.4 is 5.32 Å². The van der Waals surface area contributed by atoms with Gasteiger partial charge >= 0.3 is 0 Å². The summed E-state index contributed by atoms with van der Waals surface area (Å²) in [6.07, 6.45) is 4.30. The van der Waals surface area contributed by atoms with Crippen molar-refractivity contribution in [3.05, 3.63) is 29.6 Å². The molecule has 3 nitrogen and oxygen atoms in total. The smallest absolute Gasteiger partial charge is 0.0579 e. The highest BCUT2D eigenvalue weighted by molar-refractivity contribution is 5.18. The number of nitrogens with zero attached hydrogens (tertiary/aromatic N) is 1. The standard InChI is InChI=1S/C14H22N2O/c1-3-15-14(12-5-4-8-17-10-12)13-9-11(2)6-7-16-13/h6-7,9,12,14-15H,3-5,8,10H2,1-2H3. The van der Waals surface area contributed by atoms with E-state index in [1.807, 2.05) is 12.3 Å². The van der Waals surface area contributed by atoms with E-state index in [1.165, 1.54) is 18.4 Å². The van der Waals surface area contributed by atoms with Crippen molar-refractivity contribution in [2.24, 2.45) is 5.92 Å². The highest BCUT2D eigenvalue weighted by Gasteiger charge is 2.25. The van der Waals surface area contributed by atoms with E-state index < -0.39 is 0 Å². The predicted octanol–water partition coefficient (Wildman–Crippen LogP) is 2.47. The van der Waals surface area contributed by atoms with Gasteiger partial charge in [-0.15, -0.1) is 0 Å². The van der Waals surface area contributed by atoms with Gasteiger partial charge in [-0.1, -0.05) is 6.92 Å². The predicted molar refractivity (Wildman–Crippen MR) is 68.9 cm³/mol. The highest BCUT2D eigenvalue weighted by Crippen LogP contribution is 2.27. The molecule has 0 bridgehead atoms. The Balaban J connectivity index is 2.15. The second-order valence-electron chi connectivity index (χ2n) is 4.77. The van der Waals surface area contributed by atoms with Gasteiger partial charge in [0.2, 0.25) is 0 Å². The van der Waals surface area contributed by atoms with Gasteiger partial charge in [0, 0.05) is 18.7 Å². The van der Waals surface area contributed by atoms with Crippen LogP contribution in [0.1, 0.15) is 37.1 Å². The van der Waals surface area contributed by atoms with Gasteiger partial charge in [-0.3, -0.25) is 4.98 Å². The fourth-order valence-corrected chi connectivity index (χ4v) is 2.49. The molecule has 1 aliphatic heterocycles. The summed E-state index contributed by atoms with van der Waals surface area (Å²) in [6.45, 7) is 7.00. The van der Waals surface area contributed by atoms with Gasteiger partial charge in [0.1, 0.15) is 0 Å². The minimum absolute atomic E-state index is 0.334. The van der Waals surface area contributed by atoms with Crippen molar-refractivity contribution in [2.45, 2.75) is 32.7 Å². The molecule has 3 heteroatoms. The number of hydrogen-bond acceptors (Lipinski definition) is 3. The van der Waals surface area contributed by atoms with E-state index in [-0.39, 0.29) is 0 Å². The monoisotopic (exact) mass is 234 g/mol. The summed E-state index contributed by atoms with van der Waals surface area (Å²) in [5, 5.41) is 3.55. The van der Waals surface area contributed by atoms with E-state index in [0.717, 1.165) is 25.5 Å². The van der Waals surface area contributed by atoms with E-state index in [0.29, 0.717) is 12.0 Å². The zero-order valence-corrected chi connectivity index (χ0v) is 10.8. The van der Waals surface area contributed by atoms with Crippen LogP contribution >= 0.6 is 0 Å². The number of nitrogens with one attached hydrogen (secondary N) is 1. The number of aromatic nitrogens is 1. The van der Waals surface area contributed by atoms with Crippen LogP contribution in [0.3, 0.4) is 0 Å². The van der Waals surface area contributed by atoms with Gasteiger partial charge in [0.05, 0.1) is 18.3 Å². The Kier molecular flexibility index (Phi) is 4.51. The molecular formula is C14H22N2O. The van der Waals surface area contributed by atoms with E-state index in [9.17, 15) is 0 Å². The molecule has 1 aromatic heterocycles. The average Bonchev–Trinajstić information content (AvgIpc) is 2.37. The molecule has 2 rings (SSSR count). The molecule has 2 heterocycles. The van der Waals surface area contributed by atoms with Crippen LogP contribution in [-0.2, 0) is 4.74 Å². The summed E-state index contributed by atoms with van der Waals surface area (Å²) in [5.41, 5.74) is 2.43. The van der Waals surface area contributed by atoms with Crippen LogP contribution in [0.2, 0.25) is 0 Å². The lowest BCUT2D eigenvalue weighted by molar-refractivity contribution is 0.0386. The minimum Gasteiger partial charge on any atom is -0.381 e. The first kappa shape index (κ1) is 12.5. The maximum absolute atomic E-state index is 5.59. The average molecular weight is 234 g/mol. The quantitative estimate of drug-likeness (QED) is 0.869. The van der Waals surface area contributed by atoms with Gasteiger partial charge in [0.15, 0.2) is 0 Å². The molecule has 0 saturated carbocycles. The lowest BCUT2D eigenvalue weighted by Crippen LogP contribution is -2.34. The Labute approximate surface area is 104 Å². The second-order valence-corrected chi connectivity index (χ2v) is 4.77. The maximum Gasteiger partial charge on any atom is 0.0579 e. The summed E-state index contributed by atoms with van der Waals surface area (Å²) in [4.78, 5) is 4.52. The first-order valence-corrected chi connectivity index (χ1v) is 6.55. The zero-order chi connectivity index (χ0) is 12.1. The third kappa shape index (κ3) is 3.27. The topological polar surface area (TPSA) is 34.2 Å². The minimum atomic E-state index is 0.334. The summed E-state index contributed by atoms with van der Waals surface area (Å²) in [7, 11) is 0. The lowest BCUT2D eigenvalue weighted by atomic mass is 9.91. The molecule has 0 spiro atoms. The number of pyridine rings is 1. The first-order chi connectivity index (χ1) is 8.31. The second kappa shape index (κ2) is 6.12. The molecule has 94 valence electrons. The van der Waals surface area contributed by atoms with Crippen molar-refractivity contribution in [1.82, 2.24) is 10.3 Å². The Hall–Kier alpha value is -0.930. The molecule has 1 saturated heterocycles. The third-order valence-corrected chi connectivity index (χ3v) is 3.35. The first-order valence-electron chi connectivity index (χ1n) is 6.55. The third-order valence-electron chi connectivity index (χ3n) is 3.35. The molecule has 0 aliphatic carbocycles. The van der Waals surface area contributed by atoms with Crippen molar-refractivity contribution < 1.29 is 4.74 Å². The van der Waals surface area contributed by atoms with Crippen LogP contribution in [0.5, 0.6) is 0 Å². The Morgan fingerprint density at radius 2 is 2.47 bits per heavy atom. The van der Waals surface area contributed by atoms with E-state index in [1.54, 1.807) is 0 Å².